The summed E-state index contributed by atoms with van der Waals surface area (Å²) in [6.45, 7) is 4.77. The zero-order valence-electron chi connectivity index (χ0n) is 12.8. The number of carbonyl (C=O) groups excluding carboxylic acids is 2. The number of hydrogen-bond acceptors (Lipinski definition) is 5. The second kappa shape index (κ2) is 6.64. The molecule has 3 rings (SSSR count). The van der Waals surface area contributed by atoms with E-state index >= 15 is 0 Å². The van der Waals surface area contributed by atoms with Crippen molar-refractivity contribution in [1.29, 1.82) is 0 Å². The van der Waals surface area contributed by atoms with Crippen molar-refractivity contribution < 1.29 is 9.59 Å². The van der Waals surface area contributed by atoms with E-state index in [0.29, 0.717) is 13.1 Å². The highest BCUT2D eigenvalue weighted by atomic mass is 32.1. The third kappa shape index (κ3) is 3.40. The molecule has 0 aliphatic carbocycles. The molecule has 1 atom stereocenters. The van der Waals surface area contributed by atoms with E-state index in [1.807, 2.05) is 16.5 Å². The lowest BCUT2D eigenvalue weighted by Crippen LogP contribution is -2.45. The average Bonchev–Trinajstić information content (AvgIpc) is 3.18. The lowest BCUT2D eigenvalue weighted by atomic mass is 9.95. The van der Waals surface area contributed by atoms with Crippen molar-refractivity contribution in [3.8, 4) is 0 Å². The van der Waals surface area contributed by atoms with E-state index in [1.165, 1.54) is 0 Å². The van der Waals surface area contributed by atoms with E-state index in [-0.39, 0.29) is 23.8 Å². The number of anilines is 1. The predicted molar refractivity (Wildman–Crippen MR) is 85.9 cm³/mol. The van der Waals surface area contributed by atoms with Gasteiger partial charge in [0.15, 0.2) is 5.13 Å². The Kier molecular flexibility index (Phi) is 4.61. The molecule has 0 aromatic carbocycles. The molecule has 6 nitrogen and oxygen atoms in total. The van der Waals surface area contributed by atoms with Crippen molar-refractivity contribution in [1.82, 2.24) is 15.2 Å². The first-order chi connectivity index (χ1) is 10.6. The Labute approximate surface area is 134 Å². The van der Waals surface area contributed by atoms with Gasteiger partial charge in [-0.15, -0.1) is 11.3 Å². The van der Waals surface area contributed by atoms with Crippen LogP contribution >= 0.6 is 11.3 Å². The standard InChI is InChI=1S/C15H22N4O2S/c1-11(20)18-6-2-12(3-7-18)14(21)17-13-4-8-19(10-13)15-16-5-9-22-15/h5,9,12-13H,2-4,6-8,10H2,1H3,(H,17,21). The van der Waals surface area contributed by atoms with Crippen molar-refractivity contribution in [2.45, 2.75) is 32.2 Å². The molecule has 1 N–H and O–H groups in total. The third-order valence-electron chi connectivity index (χ3n) is 4.54. The first-order valence-corrected chi connectivity index (χ1v) is 8.72. The molecule has 7 heteroatoms. The summed E-state index contributed by atoms with van der Waals surface area (Å²) in [5.74, 6) is 0.299. The molecule has 0 radical (unpaired) electrons. The average molecular weight is 322 g/mol. The van der Waals surface area contributed by atoms with Crippen LogP contribution in [0.5, 0.6) is 0 Å². The summed E-state index contributed by atoms with van der Waals surface area (Å²) in [7, 11) is 0. The number of amides is 2. The van der Waals surface area contributed by atoms with E-state index in [4.69, 9.17) is 0 Å². The fourth-order valence-electron chi connectivity index (χ4n) is 3.20. The van der Waals surface area contributed by atoms with Crippen molar-refractivity contribution in [3.05, 3.63) is 11.6 Å². The fourth-order valence-corrected chi connectivity index (χ4v) is 3.88. The molecular weight excluding hydrogens is 300 g/mol. The molecule has 2 saturated heterocycles. The SMILES string of the molecule is CC(=O)N1CCC(C(=O)NC2CCN(c3nccs3)C2)CC1. The van der Waals surface area contributed by atoms with Gasteiger partial charge in [-0.25, -0.2) is 4.98 Å². The number of likely N-dealkylation sites (tertiary alicyclic amines) is 1. The van der Waals surface area contributed by atoms with Crippen LogP contribution in [0.2, 0.25) is 0 Å². The Morgan fingerprint density at radius 1 is 1.27 bits per heavy atom. The van der Waals surface area contributed by atoms with Gasteiger partial charge in [0.05, 0.1) is 0 Å². The van der Waals surface area contributed by atoms with E-state index in [2.05, 4.69) is 15.2 Å². The minimum Gasteiger partial charge on any atom is -0.351 e. The minimum absolute atomic E-state index is 0.0458. The van der Waals surface area contributed by atoms with Crippen LogP contribution in [-0.4, -0.2) is 53.9 Å². The van der Waals surface area contributed by atoms with Crippen LogP contribution in [0, 0.1) is 5.92 Å². The van der Waals surface area contributed by atoms with Gasteiger partial charge in [0, 0.05) is 56.6 Å². The van der Waals surface area contributed by atoms with Gasteiger partial charge in [0.25, 0.3) is 0 Å². The van der Waals surface area contributed by atoms with Gasteiger partial charge in [-0.1, -0.05) is 0 Å². The molecule has 2 fully saturated rings. The van der Waals surface area contributed by atoms with Crippen LogP contribution in [0.15, 0.2) is 11.6 Å². The zero-order chi connectivity index (χ0) is 15.5. The maximum atomic E-state index is 12.4. The van der Waals surface area contributed by atoms with Gasteiger partial charge in [0.1, 0.15) is 0 Å². The van der Waals surface area contributed by atoms with Crippen LogP contribution in [0.3, 0.4) is 0 Å². The lowest BCUT2D eigenvalue weighted by Gasteiger charge is -2.31. The van der Waals surface area contributed by atoms with Gasteiger partial charge in [-0.2, -0.15) is 0 Å². The maximum Gasteiger partial charge on any atom is 0.223 e. The van der Waals surface area contributed by atoms with Gasteiger partial charge >= 0.3 is 0 Å². The number of nitrogens with one attached hydrogen (secondary N) is 1. The molecule has 1 aromatic heterocycles. The highest BCUT2D eigenvalue weighted by molar-refractivity contribution is 7.13. The summed E-state index contributed by atoms with van der Waals surface area (Å²) < 4.78 is 0. The molecule has 2 aliphatic rings. The molecule has 1 unspecified atom stereocenters. The maximum absolute atomic E-state index is 12.4. The quantitative estimate of drug-likeness (QED) is 0.905. The Morgan fingerprint density at radius 3 is 2.68 bits per heavy atom. The zero-order valence-corrected chi connectivity index (χ0v) is 13.6. The smallest absolute Gasteiger partial charge is 0.223 e. The van der Waals surface area contributed by atoms with Crippen molar-refractivity contribution in [3.63, 3.8) is 0 Å². The summed E-state index contributed by atoms with van der Waals surface area (Å²) >= 11 is 1.64. The number of aromatic nitrogens is 1. The van der Waals surface area contributed by atoms with E-state index < -0.39 is 0 Å². The summed E-state index contributed by atoms with van der Waals surface area (Å²) in [4.78, 5) is 32.1. The predicted octanol–water partition coefficient (Wildman–Crippen LogP) is 1.10. The Bertz CT molecular complexity index is 526. The lowest BCUT2D eigenvalue weighted by molar-refractivity contribution is -0.134. The number of nitrogens with zero attached hydrogens (tertiary/aromatic N) is 3. The van der Waals surface area contributed by atoms with E-state index in [0.717, 1.165) is 37.5 Å². The largest absolute Gasteiger partial charge is 0.351 e. The van der Waals surface area contributed by atoms with Crippen LogP contribution in [0.1, 0.15) is 26.2 Å². The van der Waals surface area contributed by atoms with Crippen LogP contribution < -0.4 is 10.2 Å². The summed E-state index contributed by atoms with van der Waals surface area (Å²) in [5, 5.41) is 6.19. The topological polar surface area (TPSA) is 65.5 Å². The Hall–Kier alpha value is -1.63. The molecule has 0 spiro atoms. The molecule has 0 bridgehead atoms. The van der Waals surface area contributed by atoms with Crippen LogP contribution in [-0.2, 0) is 9.59 Å². The molecular formula is C15H22N4O2S. The normalized spacial score (nSPS) is 22.9. The Morgan fingerprint density at radius 2 is 2.05 bits per heavy atom. The van der Waals surface area contributed by atoms with Gasteiger partial charge in [-0.3, -0.25) is 9.59 Å². The number of hydrogen-bond donors (Lipinski definition) is 1. The minimum atomic E-state index is 0.0458. The first kappa shape index (κ1) is 15.3. The summed E-state index contributed by atoms with van der Waals surface area (Å²) in [6, 6.07) is 0.210. The molecule has 3 heterocycles. The second-order valence-corrected chi connectivity index (χ2v) is 6.91. The van der Waals surface area contributed by atoms with Gasteiger partial charge in [-0.05, 0) is 19.3 Å². The molecule has 2 aliphatic heterocycles. The summed E-state index contributed by atoms with van der Waals surface area (Å²) in [6.07, 6.45) is 4.33. The number of rotatable bonds is 3. The third-order valence-corrected chi connectivity index (χ3v) is 5.37. The van der Waals surface area contributed by atoms with Crippen molar-refractivity contribution in [2.24, 2.45) is 5.92 Å². The highest BCUT2D eigenvalue weighted by Gasteiger charge is 2.30. The molecule has 22 heavy (non-hydrogen) atoms. The van der Waals surface area contributed by atoms with Crippen LogP contribution in [0.4, 0.5) is 5.13 Å². The molecule has 1 aromatic rings. The monoisotopic (exact) mass is 322 g/mol. The second-order valence-electron chi connectivity index (χ2n) is 6.04. The van der Waals surface area contributed by atoms with E-state index in [1.54, 1.807) is 18.3 Å². The van der Waals surface area contributed by atoms with Gasteiger partial charge < -0.3 is 15.1 Å². The molecule has 120 valence electrons. The van der Waals surface area contributed by atoms with Gasteiger partial charge in [0.2, 0.25) is 11.8 Å². The first-order valence-electron chi connectivity index (χ1n) is 7.84. The molecule has 0 saturated carbocycles. The highest BCUT2D eigenvalue weighted by Crippen LogP contribution is 2.23. The number of carbonyl (C=O) groups is 2. The number of piperidine rings is 1. The van der Waals surface area contributed by atoms with E-state index in [9.17, 15) is 9.59 Å². The van der Waals surface area contributed by atoms with Crippen molar-refractivity contribution in [2.75, 3.05) is 31.1 Å². The molecule has 2 amide bonds. The fraction of sp³-hybridized carbons (Fsp3) is 0.667. The van der Waals surface area contributed by atoms with Crippen LogP contribution in [0.25, 0.3) is 0 Å². The van der Waals surface area contributed by atoms with Crippen molar-refractivity contribution >= 4 is 28.3 Å². The summed E-state index contributed by atoms with van der Waals surface area (Å²) in [5.41, 5.74) is 0. The Balaban J connectivity index is 1.46. The number of thiazole rings is 1.